The molecular formula is C14H14O8. The van der Waals surface area contributed by atoms with Crippen LogP contribution in [0.2, 0.25) is 0 Å². The molecule has 1 aromatic carbocycles. The van der Waals surface area contributed by atoms with Gasteiger partial charge in [0.1, 0.15) is 0 Å². The maximum atomic E-state index is 11.1. The van der Waals surface area contributed by atoms with Gasteiger partial charge in [0.2, 0.25) is 0 Å². The summed E-state index contributed by atoms with van der Waals surface area (Å²) in [6.07, 6.45) is 1.02. The number of Topliss-reactive ketones (excluding diaryl/α,β-unsaturated/α-hetero) is 2. The number of hydrogen-bond acceptors (Lipinski definition) is 5. The Hall–Kier alpha value is -3.03. The van der Waals surface area contributed by atoms with E-state index in [9.17, 15) is 24.0 Å². The normalized spacial score (nSPS) is 9.14. The largest absolute Gasteiger partial charge is 0.481 e. The summed E-state index contributed by atoms with van der Waals surface area (Å²) in [7, 11) is 0. The highest BCUT2D eigenvalue weighted by atomic mass is 16.4. The summed E-state index contributed by atoms with van der Waals surface area (Å²) in [6.45, 7) is 1.84. The van der Waals surface area contributed by atoms with E-state index in [1.807, 2.05) is 6.92 Å². The van der Waals surface area contributed by atoms with Gasteiger partial charge in [-0.3, -0.25) is 14.4 Å². The van der Waals surface area contributed by atoms with Gasteiger partial charge in [0.05, 0.1) is 0 Å². The lowest BCUT2D eigenvalue weighted by molar-refractivity contribution is -0.137. The lowest BCUT2D eigenvalue weighted by Crippen LogP contribution is -2.20. The number of rotatable bonds is 6. The van der Waals surface area contributed by atoms with Gasteiger partial charge in [0, 0.05) is 17.5 Å². The van der Waals surface area contributed by atoms with Crippen molar-refractivity contribution in [3.63, 3.8) is 0 Å². The van der Waals surface area contributed by atoms with E-state index in [-0.39, 0.29) is 0 Å². The minimum absolute atomic E-state index is 0.292. The summed E-state index contributed by atoms with van der Waals surface area (Å²) in [6, 6.07) is 4.86. The highest BCUT2D eigenvalue weighted by molar-refractivity contribution is 6.46. The Morgan fingerprint density at radius 2 is 1.18 bits per heavy atom. The van der Waals surface area contributed by atoms with Crippen LogP contribution in [0.15, 0.2) is 24.3 Å². The fourth-order valence-electron chi connectivity index (χ4n) is 1.32. The Balaban J connectivity index is 0.000000626. The quantitative estimate of drug-likeness (QED) is 0.522. The lowest BCUT2D eigenvalue weighted by Gasteiger charge is -2.02. The van der Waals surface area contributed by atoms with Crippen molar-refractivity contribution in [1.29, 1.82) is 0 Å². The summed E-state index contributed by atoms with van der Waals surface area (Å²) in [5.74, 6) is -6.83. The van der Waals surface area contributed by atoms with Gasteiger partial charge in [-0.15, -0.1) is 0 Å². The zero-order chi connectivity index (χ0) is 17.3. The van der Waals surface area contributed by atoms with Crippen molar-refractivity contribution >= 4 is 29.5 Å². The minimum Gasteiger partial charge on any atom is -0.481 e. The second-order valence-electron chi connectivity index (χ2n) is 3.96. The van der Waals surface area contributed by atoms with E-state index < -0.39 is 40.6 Å². The third-order valence-electron chi connectivity index (χ3n) is 2.27. The molecule has 0 spiro atoms. The van der Waals surface area contributed by atoms with Gasteiger partial charge in [0.25, 0.3) is 11.6 Å². The fraction of sp³-hybridized carbons (Fsp3) is 0.214. The van der Waals surface area contributed by atoms with Crippen LogP contribution in [0.25, 0.3) is 0 Å². The van der Waals surface area contributed by atoms with E-state index in [4.69, 9.17) is 15.3 Å². The van der Waals surface area contributed by atoms with E-state index in [0.29, 0.717) is 6.42 Å². The molecule has 0 radical (unpaired) electrons. The standard InChI is InChI=1S/C10H6O6.C4H8O2/c11-7(9(13)14)5-3-1-2-4-6(5)8(12)10(15)16;1-2-3-4(5)6/h1-4H,(H,13,14)(H,15,16);2-3H2,1H3,(H,5,6). The first-order chi connectivity index (χ1) is 10.2. The molecule has 0 amide bonds. The topological polar surface area (TPSA) is 146 Å². The van der Waals surface area contributed by atoms with E-state index in [1.165, 1.54) is 12.1 Å². The highest BCUT2D eigenvalue weighted by Crippen LogP contribution is 2.10. The van der Waals surface area contributed by atoms with Gasteiger partial charge in [-0.1, -0.05) is 31.2 Å². The number of benzene rings is 1. The number of carboxylic acids is 3. The van der Waals surface area contributed by atoms with Gasteiger partial charge >= 0.3 is 17.9 Å². The van der Waals surface area contributed by atoms with Crippen LogP contribution in [0.1, 0.15) is 40.5 Å². The summed E-state index contributed by atoms with van der Waals surface area (Å²) in [5, 5.41) is 24.9. The SMILES string of the molecule is CCCC(=O)O.O=C(O)C(=O)c1ccccc1C(=O)C(=O)O. The second-order valence-corrected chi connectivity index (χ2v) is 3.96. The van der Waals surface area contributed by atoms with E-state index in [0.717, 1.165) is 18.6 Å². The predicted molar refractivity (Wildman–Crippen MR) is 72.9 cm³/mol. The Morgan fingerprint density at radius 1 is 0.818 bits per heavy atom. The Labute approximate surface area is 125 Å². The monoisotopic (exact) mass is 310 g/mol. The minimum atomic E-state index is -1.74. The average molecular weight is 310 g/mol. The van der Waals surface area contributed by atoms with Crippen LogP contribution in [0.5, 0.6) is 0 Å². The molecular weight excluding hydrogens is 296 g/mol. The Bertz CT molecular complexity index is 558. The van der Waals surface area contributed by atoms with Gasteiger partial charge < -0.3 is 15.3 Å². The molecule has 1 rings (SSSR count). The number of carboxylic acid groups (broad SMARTS) is 3. The summed E-state index contributed by atoms with van der Waals surface area (Å²) in [5.41, 5.74) is -0.857. The van der Waals surface area contributed by atoms with E-state index >= 15 is 0 Å². The summed E-state index contributed by atoms with van der Waals surface area (Å²) >= 11 is 0. The Morgan fingerprint density at radius 3 is 1.36 bits per heavy atom. The molecule has 3 N–H and O–H groups in total. The zero-order valence-corrected chi connectivity index (χ0v) is 11.6. The smallest absolute Gasteiger partial charge is 0.377 e. The van der Waals surface area contributed by atoms with Gasteiger partial charge in [0.15, 0.2) is 0 Å². The number of carbonyl (C=O) groups excluding carboxylic acids is 2. The molecule has 0 heterocycles. The molecule has 0 fully saturated rings. The number of carbonyl (C=O) groups is 5. The van der Waals surface area contributed by atoms with Gasteiger partial charge in [-0.25, -0.2) is 9.59 Å². The lowest BCUT2D eigenvalue weighted by atomic mass is 10.0. The van der Waals surface area contributed by atoms with Crippen molar-refractivity contribution in [2.45, 2.75) is 19.8 Å². The molecule has 1 aromatic rings. The van der Waals surface area contributed by atoms with Crippen molar-refractivity contribution in [3.8, 4) is 0 Å². The first-order valence-corrected chi connectivity index (χ1v) is 6.08. The molecule has 22 heavy (non-hydrogen) atoms. The molecule has 8 nitrogen and oxygen atoms in total. The maximum absolute atomic E-state index is 11.1. The van der Waals surface area contributed by atoms with Crippen molar-refractivity contribution in [1.82, 2.24) is 0 Å². The van der Waals surface area contributed by atoms with Crippen molar-refractivity contribution in [3.05, 3.63) is 35.4 Å². The number of ketones is 2. The molecule has 118 valence electrons. The van der Waals surface area contributed by atoms with Gasteiger partial charge in [-0.2, -0.15) is 0 Å². The van der Waals surface area contributed by atoms with Crippen LogP contribution < -0.4 is 0 Å². The molecule has 0 saturated heterocycles. The fourth-order valence-corrected chi connectivity index (χ4v) is 1.32. The molecule has 0 bridgehead atoms. The van der Waals surface area contributed by atoms with Crippen LogP contribution >= 0.6 is 0 Å². The van der Waals surface area contributed by atoms with Crippen molar-refractivity contribution in [2.24, 2.45) is 0 Å². The third kappa shape index (κ3) is 5.95. The van der Waals surface area contributed by atoms with Crippen molar-refractivity contribution < 1.29 is 39.3 Å². The van der Waals surface area contributed by atoms with Crippen LogP contribution in [-0.2, 0) is 14.4 Å². The first kappa shape index (κ1) is 19.0. The highest BCUT2D eigenvalue weighted by Gasteiger charge is 2.24. The molecule has 0 aliphatic heterocycles. The summed E-state index contributed by atoms with van der Waals surface area (Å²) < 4.78 is 0. The van der Waals surface area contributed by atoms with Crippen LogP contribution in [0, 0.1) is 0 Å². The van der Waals surface area contributed by atoms with Crippen LogP contribution in [0.4, 0.5) is 0 Å². The molecule has 0 aromatic heterocycles. The number of hydrogen-bond donors (Lipinski definition) is 3. The molecule has 0 aliphatic rings. The second kappa shape index (κ2) is 9.01. The Kier molecular flexibility index (Phi) is 7.77. The first-order valence-electron chi connectivity index (χ1n) is 6.08. The van der Waals surface area contributed by atoms with Crippen LogP contribution in [0.3, 0.4) is 0 Å². The van der Waals surface area contributed by atoms with Crippen molar-refractivity contribution in [2.75, 3.05) is 0 Å². The molecule has 0 atom stereocenters. The molecule has 8 heteroatoms. The number of aliphatic carboxylic acids is 3. The van der Waals surface area contributed by atoms with E-state index in [1.54, 1.807) is 0 Å². The molecule has 0 saturated carbocycles. The maximum Gasteiger partial charge on any atom is 0.377 e. The average Bonchev–Trinajstić information content (AvgIpc) is 2.46. The van der Waals surface area contributed by atoms with Crippen LogP contribution in [-0.4, -0.2) is 44.8 Å². The summed E-state index contributed by atoms with van der Waals surface area (Å²) in [4.78, 5) is 52.8. The zero-order valence-electron chi connectivity index (χ0n) is 11.6. The van der Waals surface area contributed by atoms with E-state index in [2.05, 4.69) is 0 Å². The molecule has 0 unspecified atom stereocenters. The third-order valence-corrected chi connectivity index (χ3v) is 2.27. The molecule has 0 aliphatic carbocycles. The van der Waals surface area contributed by atoms with Gasteiger partial charge in [-0.05, 0) is 6.42 Å². The predicted octanol–water partition coefficient (Wildman–Crippen LogP) is 1.09.